The van der Waals surface area contributed by atoms with Crippen molar-refractivity contribution in [3.63, 3.8) is 0 Å². The summed E-state index contributed by atoms with van der Waals surface area (Å²) >= 11 is 0. The molecule has 32 heavy (non-hydrogen) atoms. The molecule has 7 nitrogen and oxygen atoms in total. The molecule has 7 heteroatoms. The number of hydrogen-bond acceptors (Lipinski definition) is 6. The van der Waals surface area contributed by atoms with Crippen LogP contribution >= 0.6 is 0 Å². The average Bonchev–Trinajstić information content (AvgIpc) is 3.20. The Hall–Kier alpha value is -3.00. The second-order valence-electron chi connectivity index (χ2n) is 8.75. The Morgan fingerprint density at radius 3 is 2.59 bits per heavy atom. The normalized spacial score (nSPS) is 22.5. The molecule has 0 unspecified atom stereocenters. The Morgan fingerprint density at radius 1 is 1.00 bits per heavy atom. The number of carbonyl (C=O) groups is 1. The molecule has 3 heterocycles. The highest BCUT2D eigenvalue weighted by molar-refractivity contribution is 5.96. The van der Waals surface area contributed by atoms with Crippen LogP contribution in [0.2, 0.25) is 0 Å². The third-order valence-corrected chi connectivity index (χ3v) is 6.62. The molecule has 0 aliphatic carbocycles. The Morgan fingerprint density at radius 2 is 1.78 bits per heavy atom. The fourth-order valence-corrected chi connectivity index (χ4v) is 4.71. The molecule has 0 saturated carbocycles. The SMILES string of the molecule is CN1CCN([C@H]2CN(C(=O)c3cccc(-c4cc5ccccc5oc4=O)c3)C[C@@H]2O)CC1. The Kier molecular flexibility index (Phi) is 5.55. The van der Waals surface area contributed by atoms with Gasteiger partial charge in [-0.3, -0.25) is 9.69 Å². The number of para-hydroxylation sites is 1. The molecule has 2 aromatic carbocycles. The third kappa shape index (κ3) is 3.95. The predicted octanol–water partition coefficient (Wildman–Crippen LogP) is 1.89. The molecule has 3 aromatic rings. The molecule has 2 aliphatic heterocycles. The van der Waals surface area contributed by atoms with Gasteiger partial charge in [-0.1, -0.05) is 30.3 Å². The van der Waals surface area contributed by atoms with Crippen molar-refractivity contribution in [2.75, 3.05) is 46.3 Å². The fraction of sp³-hybridized carbons (Fsp3) is 0.360. The van der Waals surface area contributed by atoms with Gasteiger partial charge in [-0.2, -0.15) is 0 Å². The molecule has 166 valence electrons. The highest BCUT2D eigenvalue weighted by Crippen LogP contribution is 2.24. The molecule has 0 bridgehead atoms. The quantitative estimate of drug-likeness (QED) is 0.636. The fourth-order valence-electron chi connectivity index (χ4n) is 4.71. The molecule has 0 spiro atoms. The van der Waals surface area contributed by atoms with Crippen molar-refractivity contribution in [3.05, 3.63) is 70.6 Å². The Labute approximate surface area is 186 Å². The lowest BCUT2D eigenvalue weighted by Crippen LogP contribution is -2.52. The van der Waals surface area contributed by atoms with Crippen LogP contribution in [0.1, 0.15) is 10.4 Å². The number of piperazine rings is 1. The molecule has 5 rings (SSSR count). The van der Waals surface area contributed by atoms with Crippen molar-refractivity contribution >= 4 is 16.9 Å². The number of carbonyl (C=O) groups excluding carboxylic acids is 1. The van der Waals surface area contributed by atoms with Crippen molar-refractivity contribution in [2.24, 2.45) is 0 Å². The molecule has 1 N–H and O–H groups in total. The molecule has 2 aliphatic rings. The van der Waals surface area contributed by atoms with E-state index in [1.54, 1.807) is 35.2 Å². The number of fused-ring (bicyclic) bond motifs is 1. The number of likely N-dealkylation sites (tertiary alicyclic amines) is 1. The van der Waals surface area contributed by atoms with Crippen LogP contribution < -0.4 is 5.63 Å². The van der Waals surface area contributed by atoms with Gasteiger partial charge >= 0.3 is 5.63 Å². The van der Waals surface area contributed by atoms with Crippen LogP contribution in [0, 0.1) is 0 Å². The van der Waals surface area contributed by atoms with E-state index in [4.69, 9.17) is 4.42 Å². The molecular weight excluding hydrogens is 406 g/mol. The van der Waals surface area contributed by atoms with Gasteiger partial charge in [-0.15, -0.1) is 0 Å². The van der Waals surface area contributed by atoms with E-state index in [-0.39, 0.29) is 11.9 Å². The van der Waals surface area contributed by atoms with Gasteiger partial charge in [0.25, 0.3) is 5.91 Å². The van der Waals surface area contributed by atoms with Crippen LogP contribution in [0.25, 0.3) is 22.1 Å². The Bertz CT molecular complexity index is 1200. The average molecular weight is 434 g/mol. The summed E-state index contributed by atoms with van der Waals surface area (Å²) in [6, 6.07) is 16.2. The maximum atomic E-state index is 13.2. The van der Waals surface area contributed by atoms with Crippen molar-refractivity contribution in [2.45, 2.75) is 12.1 Å². The lowest BCUT2D eigenvalue weighted by Gasteiger charge is -2.37. The number of nitrogens with zero attached hydrogens (tertiary/aromatic N) is 3. The van der Waals surface area contributed by atoms with Crippen LogP contribution in [-0.2, 0) is 0 Å². The predicted molar refractivity (Wildman–Crippen MR) is 123 cm³/mol. The number of aliphatic hydroxyl groups is 1. The number of β-amino-alcohol motifs (C(OH)–C–C–N with tert-alkyl or cyclic N) is 1. The number of aliphatic hydroxyl groups excluding tert-OH is 1. The van der Waals surface area contributed by atoms with Gasteiger partial charge in [-0.05, 0) is 36.9 Å². The first-order valence-electron chi connectivity index (χ1n) is 11.0. The van der Waals surface area contributed by atoms with E-state index in [0.29, 0.717) is 35.4 Å². The van der Waals surface area contributed by atoms with E-state index >= 15 is 0 Å². The highest BCUT2D eigenvalue weighted by atomic mass is 16.4. The summed E-state index contributed by atoms with van der Waals surface area (Å²) in [6.45, 7) is 4.55. The van der Waals surface area contributed by atoms with E-state index in [9.17, 15) is 14.7 Å². The number of rotatable bonds is 3. The summed E-state index contributed by atoms with van der Waals surface area (Å²) in [5, 5.41) is 11.5. The lowest BCUT2D eigenvalue weighted by molar-refractivity contribution is 0.0512. The molecule has 2 atom stereocenters. The van der Waals surface area contributed by atoms with Crippen molar-refractivity contribution < 1.29 is 14.3 Å². The van der Waals surface area contributed by atoms with Crippen molar-refractivity contribution in [1.29, 1.82) is 0 Å². The molecule has 1 amide bonds. The smallest absolute Gasteiger partial charge is 0.344 e. The molecule has 2 fully saturated rings. The number of hydrogen-bond donors (Lipinski definition) is 1. The van der Waals surface area contributed by atoms with Crippen LogP contribution in [-0.4, -0.2) is 84.2 Å². The highest BCUT2D eigenvalue weighted by Gasteiger charge is 2.38. The standard InChI is InChI=1S/C25H27N3O4/c1-26-9-11-27(12-10-26)21-15-28(16-22(21)29)24(30)19-7-4-6-17(13-19)20-14-18-5-2-3-8-23(18)32-25(20)31/h2-8,13-14,21-22,29H,9-12,15-16H2,1H3/t21-,22-/m0/s1. The van der Waals surface area contributed by atoms with Crippen molar-refractivity contribution in [3.8, 4) is 11.1 Å². The zero-order chi connectivity index (χ0) is 22.2. The topological polar surface area (TPSA) is 77.2 Å². The van der Waals surface area contributed by atoms with Crippen LogP contribution in [0.5, 0.6) is 0 Å². The summed E-state index contributed by atoms with van der Waals surface area (Å²) < 4.78 is 5.46. The minimum atomic E-state index is -0.557. The van der Waals surface area contributed by atoms with Gasteiger partial charge in [0.05, 0.1) is 17.7 Å². The number of benzene rings is 2. The summed E-state index contributed by atoms with van der Waals surface area (Å²) in [4.78, 5) is 32.1. The molecule has 1 aromatic heterocycles. The first-order valence-corrected chi connectivity index (χ1v) is 11.0. The van der Waals surface area contributed by atoms with E-state index in [1.807, 2.05) is 24.3 Å². The summed E-state index contributed by atoms with van der Waals surface area (Å²) in [6.07, 6.45) is -0.557. The van der Waals surface area contributed by atoms with E-state index in [2.05, 4.69) is 16.8 Å². The first kappa shape index (κ1) is 20.9. The molecular formula is C25H27N3O4. The number of likely N-dealkylation sites (N-methyl/N-ethyl adjacent to an activating group) is 1. The maximum absolute atomic E-state index is 13.2. The second kappa shape index (κ2) is 8.50. The van der Waals surface area contributed by atoms with Gasteiger partial charge in [0, 0.05) is 50.2 Å². The van der Waals surface area contributed by atoms with Crippen molar-refractivity contribution in [1.82, 2.24) is 14.7 Å². The number of amides is 1. The largest absolute Gasteiger partial charge is 0.422 e. The van der Waals surface area contributed by atoms with Crippen LogP contribution in [0.4, 0.5) is 0 Å². The van der Waals surface area contributed by atoms with E-state index < -0.39 is 11.7 Å². The minimum Gasteiger partial charge on any atom is -0.422 e. The zero-order valence-corrected chi connectivity index (χ0v) is 18.1. The maximum Gasteiger partial charge on any atom is 0.344 e. The summed E-state index contributed by atoms with van der Waals surface area (Å²) in [7, 11) is 2.10. The summed E-state index contributed by atoms with van der Waals surface area (Å²) in [5.74, 6) is -0.132. The van der Waals surface area contributed by atoms with Gasteiger partial charge < -0.3 is 19.3 Å². The van der Waals surface area contributed by atoms with Gasteiger partial charge in [-0.25, -0.2) is 4.79 Å². The summed E-state index contributed by atoms with van der Waals surface area (Å²) in [5.41, 5.74) is 1.68. The van der Waals surface area contributed by atoms with Gasteiger partial charge in [0.2, 0.25) is 0 Å². The second-order valence-corrected chi connectivity index (χ2v) is 8.75. The minimum absolute atomic E-state index is 0.0386. The van der Waals surface area contributed by atoms with Gasteiger partial charge in [0.1, 0.15) is 5.58 Å². The van der Waals surface area contributed by atoms with Crippen LogP contribution in [0.3, 0.4) is 0 Å². The third-order valence-electron chi connectivity index (χ3n) is 6.62. The van der Waals surface area contributed by atoms with E-state index in [0.717, 1.165) is 31.6 Å². The lowest BCUT2D eigenvalue weighted by atomic mass is 10.0. The van der Waals surface area contributed by atoms with Crippen LogP contribution in [0.15, 0.2) is 63.8 Å². The Balaban J connectivity index is 1.37. The first-order chi connectivity index (χ1) is 15.5. The van der Waals surface area contributed by atoms with E-state index in [1.165, 1.54) is 0 Å². The van der Waals surface area contributed by atoms with Gasteiger partial charge in [0.15, 0.2) is 0 Å². The monoisotopic (exact) mass is 433 g/mol. The molecule has 2 saturated heterocycles. The molecule has 0 radical (unpaired) electrons. The zero-order valence-electron chi connectivity index (χ0n) is 18.1.